The fourth-order valence-corrected chi connectivity index (χ4v) is 1.94. The second-order valence-corrected chi connectivity index (χ2v) is 4.62. The molecule has 1 aliphatic heterocycles. The Labute approximate surface area is 92.8 Å². The van der Waals surface area contributed by atoms with E-state index in [0.29, 0.717) is 18.5 Å². The first-order chi connectivity index (χ1) is 7.13. The standard InChI is InChI=1S/C11H22N4/c1-10-9-15(7-6-14(2)3)11(4-5-12)8-13-10/h10-11,13H,4,6-9H2,1-3H3. The lowest BCUT2D eigenvalue weighted by Crippen LogP contribution is -2.56. The first-order valence-corrected chi connectivity index (χ1v) is 5.62. The van der Waals surface area contributed by atoms with Gasteiger partial charge in [-0.15, -0.1) is 0 Å². The van der Waals surface area contributed by atoms with Crippen LogP contribution in [0.15, 0.2) is 0 Å². The van der Waals surface area contributed by atoms with Gasteiger partial charge in [-0.2, -0.15) is 5.26 Å². The van der Waals surface area contributed by atoms with Crippen LogP contribution in [0, 0.1) is 11.3 Å². The summed E-state index contributed by atoms with van der Waals surface area (Å²) in [6.45, 7) is 6.33. The Morgan fingerprint density at radius 3 is 2.87 bits per heavy atom. The predicted octanol–water partition coefficient (Wildman–Crippen LogP) is 0.124. The molecule has 1 saturated heterocycles. The van der Waals surface area contributed by atoms with Gasteiger partial charge in [-0.25, -0.2) is 0 Å². The molecular weight excluding hydrogens is 188 g/mol. The molecule has 1 fully saturated rings. The van der Waals surface area contributed by atoms with Gasteiger partial charge in [0.05, 0.1) is 12.5 Å². The molecule has 86 valence electrons. The summed E-state index contributed by atoms with van der Waals surface area (Å²) in [6, 6.07) is 3.21. The predicted molar refractivity (Wildman–Crippen MR) is 61.6 cm³/mol. The first-order valence-electron chi connectivity index (χ1n) is 5.62. The van der Waals surface area contributed by atoms with Gasteiger partial charge in [0.1, 0.15) is 0 Å². The third kappa shape index (κ3) is 4.17. The molecule has 0 bridgehead atoms. The second-order valence-electron chi connectivity index (χ2n) is 4.62. The molecular formula is C11H22N4. The van der Waals surface area contributed by atoms with Crippen LogP contribution in [0.3, 0.4) is 0 Å². The maximum atomic E-state index is 8.76. The van der Waals surface area contributed by atoms with E-state index in [-0.39, 0.29) is 0 Å². The number of nitriles is 1. The van der Waals surface area contributed by atoms with Crippen LogP contribution in [0.1, 0.15) is 13.3 Å². The summed E-state index contributed by atoms with van der Waals surface area (Å²) in [7, 11) is 4.18. The van der Waals surface area contributed by atoms with Gasteiger partial charge in [-0.05, 0) is 21.0 Å². The van der Waals surface area contributed by atoms with Gasteiger partial charge in [0.15, 0.2) is 0 Å². The van der Waals surface area contributed by atoms with Crippen LogP contribution in [0.25, 0.3) is 0 Å². The second kappa shape index (κ2) is 6.06. The minimum Gasteiger partial charge on any atom is -0.311 e. The average Bonchev–Trinajstić information content (AvgIpc) is 2.18. The van der Waals surface area contributed by atoms with Crippen LogP contribution in [0.5, 0.6) is 0 Å². The van der Waals surface area contributed by atoms with E-state index in [1.807, 2.05) is 0 Å². The Bertz CT molecular complexity index is 221. The van der Waals surface area contributed by atoms with Crippen molar-refractivity contribution in [3.63, 3.8) is 0 Å². The van der Waals surface area contributed by atoms with E-state index >= 15 is 0 Å². The van der Waals surface area contributed by atoms with Gasteiger partial charge in [0, 0.05) is 38.3 Å². The zero-order chi connectivity index (χ0) is 11.3. The van der Waals surface area contributed by atoms with Gasteiger partial charge in [0.2, 0.25) is 0 Å². The van der Waals surface area contributed by atoms with Crippen LogP contribution in [0.4, 0.5) is 0 Å². The van der Waals surface area contributed by atoms with E-state index in [1.165, 1.54) is 0 Å². The highest BCUT2D eigenvalue weighted by atomic mass is 15.2. The highest BCUT2D eigenvalue weighted by Gasteiger charge is 2.24. The zero-order valence-corrected chi connectivity index (χ0v) is 10.0. The van der Waals surface area contributed by atoms with Crippen LogP contribution in [0.2, 0.25) is 0 Å². The molecule has 1 heterocycles. The fraction of sp³-hybridized carbons (Fsp3) is 0.909. The molecule has 0 aromatic heterocycles. The van der Waals surface area contributed by atoms with Crippen LogP contribution in [-0.4, -0.2) is 62.2 Å². The molecule has 4 nitrogen and oxygen atoms in total. The van der Waals surface area contributed by atoms with E-state index in [1.54, 1.807) is 0 Å². The molecule has 0 saturated carbocycles. The summed E-state index contributed by atoms with van der Waals surface area (Å²) < 4.78 is 0. The Morgan fingerprint density at radius 2 is 2.27 bits per heavy atom. The molecule has 15 heavy (non-hydrogen) atoms. The minimum absolute atomic E-state index is 0.395. The quantitative estimate of drug-likeness (QED) is 0.716. The lowest BCUT2D eigenvalue weighted by atomic mass is 10.1. The normalized spacial score (nSPS) is 27.9. The molecule has 1 N–H and O–H groups in total. The number of nitrogens with zero attached hydrogens (tertiary/aromatic N) is 3. The molecule has 0 aromatic rings. The van der Waals surface area contributed by atoms with E-state index in [9.17, 15) is 0 Å². The molecule has 2 unspecified atom stereocenters. The van der Waals surface area contributed by atoms with Crippen molar-refractivity contribution in [1.29, 1.82) is 5.26 Å². The molecule has 1 aliphatic rings. The Balaban J connectivity index is 2.43. The molecule has 0 spiro atoms. The summed E-state index contributed by atoms with van der Waals surface area (Å²) in [4.78, 5) is 4.63. The van der Waals surface area contributed by atoms with Crippen molar-refractivity contribution in [2.75, 3.05) is 40.3 Å². The largest absolute Gasteiger partial charge is 0.311 e. The summed E-state index contributed by atoms with van der Waals surface area (Å²) in [5, 5.41) is 12.2. The lowest BCUT2D eigenvalue weighted by Gasteiger charge is -2.38. The van der Waals surface area contributed by atoms with E-state index < -0.39 is 0 Å². The third-order valence-corrected chi connectivity index (χ3v) is 2.89. The highest BCUT2D eigenvalue weighted by molar-refractivity contribution is 4.90. The van der Waals surface area contributed by atoms with E-state index in [0.717, 1.165) is 26.2 Å². The van der Waals surface area contributed by atoms with Crippen LogP contribution >= 0.6 is 0 Å². The van der Waals surface area contributed by atoms with Crippen LogP contribution in [-0.2, 0) is 0 Å². The third-order valence-electron chi connectivity index (χ3n) is 2.89. The van der Waals surface area contributed by atoms with Gasteiger partial charge >= 0.3 is 0 Å². The number of hydrogen-bond acceptors (Lipinski definition) is 4. The summed E-state index contributed by atoms with van der Waals surface area (Å²) in [5.41, 5.74) is 0. The van der Waals surface area contributed by atoms with Crippen molar-refractivity contribution in [1.82, 2.24) is 15.1 Å². The van der Waals surface area contributed by atoms with Crippen molar-refractivity contribution < 1.29 is 0 Å². The van der Waals surface area contributed by atoms with Gasteiger partial charge in [0.25, 0.3) is 0 Å². The number of likely N-dealkylation sites (N-methyl/N-ethyl adjacent to an activating group) is 1. The average molecular weight is 210 g/mol. The van der Waals surface area contributed by atoms with Gasteiger partial charge < -0.3 is 10.2 Å². The molecule has 2 atom stereocenters. The minimum atomic E-state index is 0.395. The van der Waals surface area contributed by atoms with E-state index in [4.69, 9.17) is 5.26 Å². The summed E-state index contributed by atoms with van der Waals surface area (Å²) in [5.74, 6) is 0. The van der Waals surface area contributed by atoms with Crippen LogP contribution < -0.4 is 5.32 Å². The maximum Gasteiger partial charge on any atom is 0.0638 e. The molecule has 0 radical (unpaired) electrons. The Morgan fingerprint density at radius 1 is 1.53 bits per heavy atom. The zero-order valence-electron chi connectivity index (χ0n) is 10.0. The summed E-state index contributed by atoms with van der Waals surface area (Å²) >= 11 is 0. The highest BCUT2D eigenvalue weighted by Crippen LogP contribution is 2.09. The lowest BCUT2D eigenvalue weighted by molar-refractivity contribution is 0.127. The fourth-order valence-electron chi connectivity index (χ4n) is 1.94. The van der Waals surface area contributed by atoms with E-state index in [2.05, 4.69) is 42.2 Å². The first kappa shape index (κ1) is 12.4. The van der Waals surface area contributed by atoms with Crippen molar-refractivity contribution in [2.24, 2.45) is 0 Å². The summed E-state index contributed by atoms with van der Waals surface area (Å²) in [6.07, 6.45) is 0.632. The number of piperazine rings is 1. The van der Waals surface area contributed by atoms with Gasteiger partial charge in [-0.1, -0.05) is 0 Å². The Kier molecular flexibility index (Phi) is 5.03. The topological polar surface area (TPSA) is 42.3 Å². The number of rotatable bonds is 4. The smallest absolute Gasteiger partial charge is 0.0638 e. The van der Waals surface area contributed by atoms with Crippen molar-refractivity contribution in [3.05, 3.63) is 0 Å². The van der Waals surface area contributed by atoms with Crippen molar-refractivity contribution >= 4 is 0 Å². The SMILES string of the molecule is CC1CN(CCN(C)C)C(CC#N)CN1. The van der Waals surface area contributed by atoms with Crippen molar-refractivity contribution in [3.8, 4) is 6.07 Å². The number of hydrogen-bond donors (Lipinski definition) is 1. The monoisotopic (exact) mass is 210 g/mol. The number of nitrogens with one attached hydrogen (secondary N) is 1. The molecule has 0 aliphatic carbocycles. The molecule has 1 rings (SSSR count). The molecule has 0 aromatic carbocycles. The van der Waals surface area contributed by atoms with Gasteiger partial charge in [-0.3, -0.25) is 4.90 Å². The Hall–Kier alpha value is -0.630. The van der Waals surface area contributed by atoms with Crippen molar-refractivity contribution in [2.45, 2.75) is 25.4 Å². The molecule has 0 amide bonds. The maximum absolute atomic E-state index is 8.76. The molecule has 4 heteroatoms.